The number of carbonyl (C=O) groups excluding carboxylic acids is 1. The van der Waals surface area contributed by atoms with E-state index < -0.39 is 0 Å². The van der Waals surface area contributed by atoms with Crippen molar-refractivity contribution < 1.29 is 9.53 Å². The molecule has 0 spiro atoms. The zero-order chi connectivity index (χ0) is 14.8. The second-order valence-corrected chi connectivity index (χ2v) is 5.98. The first-order valence-corrected chi connectivity index (χ1v) is 7.52. The Balaban J connectivity index is 1.79. The van der Waals surface area contributed by atoms with Gasteiger partial charge in [-0.05, 0) is 25.3 Å². The maximum atomic E-state index is 12.3. The molecular weight excluding hydrogens is 268 g/mol. The van der Waals surface area contributed by atoms with E-state index in [4.69, 9.17) is 4.74 Å². The number of aromatic nitrogens is 2. The molecule has 3 atom stereocenters. The van der Waals surface area contributed by atoms with Gasteiger partial charge in [0.15, 0.2) is 0 Å². The van der Waals surface area contributed by atoms with Crippen LogP contribution in [0.5, 0.6) is 0 Å². The summed E-state index contributed by atoms with van der Waals surface area (Å²) in [5.41, 5.74) is 0. The van der Waals surface area contributed by atoms with Crippen LogP contribution in [0.15, 0.2) is 18.6 Å². The highest BCUT2D eigenvalue weighted by Crippen LogP contribution is 2.34. The van der Waals surface area contributed by atoms with Gasteiger partial charge < -0.3 is 14.5 Å². The molecule has 0 aromatic carbocycles. The van der Waals surface area contributed by atoms with Gasteiger partial charge in [-0.3, -0.25) is 4.79 Å². The van der Waals surface area contributed by atoms with Crippen molar-refractivity contribution in [3.63, 3.8) is 0 Å². The Kier molecular flexibility index (Phi) is 4.05. The molecule has 2 heterocycles. The maximum absolute atomic E-state index is 12.3. The van der Waals surface area contributed by atoms with Crippen LogP contribution in [0, 0.1) is 5.92 Å². The number of amides is 1. The van der Waals surface area contributed by atoms with Gasteiger partial charge in [-0.25, -0.2) is 9.97 Å². The number of morpholine rings is 1. The third kappa shape index (κ3) is 2.85. The fourth-order valence-electron chi connectivity index (χ4n) is 3.44. The van der Waals surface area contributed by atoms with Gasteiger partial charge in [0.1, 0.15) is 12.1 Å². The SMILES string of the molecule is CN(C)C(=O)[C@H]1CC[C@H]2OCCN(c3ccncn3)[C@@H]2C1. The van der Waals surface area contributed by atoms with Crippen molar-refractivity contribution in [3.05, 3.63) is 18.6 Å². The molecule has 0 N–H and O–H groups in total. The summed E-state index contributed by atoms with van der Waals surface area (Å²) in [6.45, 7) is 1.54. The highest BCUT2D eigenvalue weighted by atomic mass is 16.5. The second-order valence-electron chi connectivity index (χ2n) is 5.98. The molecule has 1 saturated heterocycles. The molecule has 1 aromatic rings. The van der Waals surface area contributed by atoms with Gasteiger partial charge in [-0.15, -0.1) is 0 Å². The molecule has 0 unspecified atom stereocenters. The molecular formula is C15H22N4O2. The Hall–Kier alpha value is -1.69. The minimum atomic E-state index is 0.0901. The molecule has 21 heavy (non-hydrogen) atoms. The van der Waals surface area contributed by atoms with Crippen molar-refractivity contribution >= 4 is 11.7 Å². The number of ether oxygens (including phenoxy) is 1. The van der Waals surface area contributed by atoms with Crippen LogP contribution in [0.3, 0.4) is 0 Å². The molecule has 1 aliphatic heterocycles. The Bertz CT molecular complexity index is 494. The topological polar surface area (TPSA) is 58.6 Å². The summed E-state index contributed by atoms with van der Waals surface area (Å²) >= 11 is 0. The smallest absolute Gasteiger partial charge is 0.225 e. The normalized spacial score (nSPS) is 28.9. The van der Waals surface area contributed by atoms with E-state index in [1.165, 1.54) is 0 Å². The molecule has 2 aliphatic rings. The Morgan fingerprint density at radius 2 is 2.29 bits per heavy atom. The minimum Gasteiger partial charge on any atom is -0.374 e. The summed E-state index contributed by atoms with van der Waals surface area (Å²) < 4.78 is 5.91. The number of rotatable bonds is 2. The summed E-state index contributed by atoms with van der Waals surface area (Å²) in [6.07, 6.45) is 6.24. The van der Waals surface area contributed by atoms with Crippen LogP contribution in [0.2, 0.25) is 0 Å². The van der Waals surface area contributed by atoms with Crippen molar-refractivity contribution in [2.75, 3.05) is 32.1 Å². The van der Waals surface area contributed by atoms with Crippen LogP contribution in [-0.2, 0) is 9.53 Å². The Morgan fingerprint density at radius 3 is 3.00 bits per heavy atom. The average Bonchev–Trinajstić information content (AvgIpc) is 2.53. The lowest BCUT2D eigenvalue weighted by atomic mass is 9.81. The molecule has 1 aliphatic carbocycles. The molecule has 0 radical (unpaired) electrons. The largest absolute Gasteiger partial charge is 0.374 e. The van der Waals surface area contributed by atoms with Crippen molar-refractivity contribution in [2.45, 2.75) is 31.4 Å². The number of nitrogens with zero attached hydrogens (tertiary/aromatic N) is 4. The molecule has 6 heteroatoms. The van der Waals surface area contributed by atoms with Crippen LogP contribution in [0.1, 0.15) is 19.3 Å². The summed E-state index contributed by atoms with van der Waals surface area (Å²) in [6, 6.07) is 2.16. The summed E-state index contributed by atoms with van der Waals surface area (Å²) in [4.78, 5) is 24.6. The second kappa shape index (κ2) is 5.97. The molecule has 3 rings (SSSR count). The maximum Gasteiger partial charge on any atom is 0.225 e. The van der Waals surface area contributed by atoms with E-state index in [0.29, 0.717) is 0 Å². The van der Waals surface area contributed by atoms with Crippen LogP contribution in [0.25, 0.3) is 0 Å². The first-order valence-electron chi connectivity index (χ1n) is 7.52. The van der Waals surface area contributed by atoms with E-state index in [2.05, 4.69) is 14.9 Å². The van der Waals surface area contributed by atoms with E-state index in [0.717, 1.165) is 38.2 Å². The molecule has 2 fully saturated rings. The van der Waals surface area contributed by atoms with Crippen molar-refractivity contribution in [1.29, 1.82) is 0 Å². The molecule has 0 bridgehead atoms. The first kappa shape index (κ1) is 14.3. The summed E-state index contributed by atoms with van der Waals surface area (Å²) in [5.74, 6) is 1.25. The third-order valence-electron chi connectivity index (χ3n) is 4.47. The lowest BCUT2D eigenvalue weighted by Crippen LogP contribution is -2.55. The Morgan fingerprint density at radius 1 is 1.43 bits per heavy atom. The number of hydrogen-bond acceptors (Lipinski definition) is 5. The van der Waals surface area contributed by atoms with Gasteiger partial charge >= 0.3 is 0 Å². The lowest BCUT2D eigenvalue weighted by Gasteiger charge is -2.46. The monoisotopic (exact) mass is 290 g/mol. The molecule has 1 saturated carbocycles. The predicted octanol–water partition coefficient (Wildman–Crippen LogP) is 0.939. The van der Waals surface area contributed by atoms with Gasteiger partial charge in [0.2, 0.25) is 5.91 Å². The average molecular weight is 290 g/mol. The van der Waals surface area contributed by atoms with Crippen LogP contribution in [-0.4, -0.2) is 60.2 Å². The van der Waals surface area contributed by atoms with Crippen molar-refractivity contribution in [2.24, 2.45) is 5.92 Å². The van der Waals surface area contributed by atoms with E-state index in [9.17, 15) is 4.79 Å². The van der Waals surface area contributed by atoms with Crippen molar-refractivity contribution in [3.8, 4) is 0 Å². The zero-order valence-corrected chi connectivity index (χ0v) is 12.6. The number of fused-ring (bicyclic) bond motifs is 1. The van der Waals surface area contributed by atoms with Crippen LogP contribution >= 0.6 is 0 Å². The van der Waals surface area contributed by atoms with E-state index in [1.54, 1.807) is 17.4 Å². The van der Waals surface area contributed by atoms with Crippen LogP contribution in [0.4, 0.5) is 5.82 Å². The first-order chi connectivity index (χ1) is 10.2. The number of hydrogen-bond donors (Lipinski definition) is 0. The third-order valence-corrected chi connectivity index (χ3v) is 4.47. The lowest BCUT2D eigenvalue weighted by molar-refractivity contribution is -0.135. The standard InChI is InChI=1S/C15H22N4O2/c1-18(2)15(20)11-3-4-13-12(9-11)19(7-8-21-13)14-5-6-16-10-17-14/h5-6,10-13H,3-4,7-9H2,1-2H3/t11-,12+,13+/m0/s1. The van der Waals surface area contributed by atoms with Gasteiger partial charge in [-0.2, -0.15) is 0 Å². The molecule has 114 valence electrons. The zero-order valence-electron chi connectivity index (χ0n) is 12.6. The number of anilines is 1. The van der Waals surface area contributed by atoms with Crippen molar-refractivity contribution in [1.82, 2.24) is 14.9 Å². The van der Waals surface area contributed by atoms with Gasteiger partial charge in [0, 0.05) is 32.8 Å². The highest BCUT2D eigenvalue weighted by molar-refractivity contribution is 5.78. The van der Waals surface area contributed by atoms with Gasteiger partial charge in [0.05, 0.1) is 18.8 Å². The van der Waals surface area contributed by atoms with Gasteiger partial charge in [0.25, 0.3) is 0 Å². The van der Waals surface area contributed by atoms with E-state index in [-0.39, 0.29) is 24.0 Å². The fourth-order valence-corrected chi connectivity index (χ4v) is 3.44. The predicted molar refractivity (Wildman–Crippen MR) is 78.9 cm³/mol. The summed E-state index contributed by atoms with van der Waals surface area (Å²) in [5, 5.41) is 0. The van der Waals surface area contributed by atoms with Crippen LogP contribution < -0.4 is 4.90 Å². The quantitative estimate of drug-likeness (QED) is 0.811. The minimum absolute atomic E-state index is 0.0901. The van der Waals surface area contributed by atoms with Gasteiger partial charge in [-0.1, -0.05) is 0 Å². The van der Waals surface area contributed by atoms with E-state index in [1.807, 2.05) is 20.2 Å². The van der Waals surface area contributed by atoms with E-state index >= 15 is 0 Å². The highest BCUT2D eigenvalue weighted by Gasteiger charge is 2.40. The fraction of sp³-hybridized carbons (Fsp3) is 0.667. The molecule has 6 nitrogen and oxygen atoms in total. The molecule has 1 amide bonds. The number of carbonyl (C=O) groups is 1. The summed E-state index contributed by atoms with van der Waals surface area (Å²) in [7, 11) is 3.65. The molecule has 1 aromatic heterocycles. The Labute approximate surface area is 125 Å².